The monoisotopic (exact) mass is 322 g/mol. The first-order valence-corrected chi connectivity index (χ1v) is 9.08. The minimum absolute atomic E-state index is 0.00172. The highest BCUT2D eigenvalue weighted by Crippen LogP contribution is 2.40. The van der Waals surface area contributed by atoms with Gasteiger partial charge in [0, 0.05) is 10.8 Å². The van der Waals surface area contributed by atoms with Crippen molar-refractivity contribution in [1.82, 2.24) is 0 Å². The molecule has 0 bridgehead atoms. The summed E-state index contributed by atoms with van der Waals surface area (Å²) < 4.78 is 0. The number of carbonyl (C=O) groups excluding carboxylic acids is 2. The van der Waals surface area contributed by atoms with Gasteiger partial charge < -0.3 is 11.1 Å². The van der Waals surface area contributed by atoms with E-state index in [0.717, 1.165) is 44.1 Å². The summed E-state index contributed by atoms with van der Waals surface area (Å²) in [5.41, 5.74) is 7.20. The first kappa shape index (κ1) is 17.0. The zero-order valence-electron chi connectivity index (χ0n) is 13.7. The summed E-state index contributed by atoms with van der Waals surface area (Å²) in [6.45, 7) is 6.22. The van der Waals surface area contributed by atoms with Crippen LogP contribution >= 0.6 is 11.3 Å². The van der Waals surface area contributed by atoms with E-state index in [1.165, 1.54) is 4.88 Å². The van der Waals surface area contributed by atoms with E-state index in [2.05, 4.69) is 12.2 Å². The van der Waals surface area contributed by atoms with E-state index in [0.29, 0.717) is 16.5 Å². The topological polar surface area (TPSA) is 72.2 Å². The normalized spacial score (nSPS) is 17.4. The summed E-state index contributed by atoms with van der Waals surface area (Å²) in [7, 11) is 0. The lowest BCUT2D eigenvalue weighted by Crippen LogP contribution is -2.23. The van der Waals surface area contributed by atoms with Crippen molar-refractivity contribution in [2.45, 2.75) is 59.3 Å². The lowest BCUT2D eigenvalue weighted by atomic mass is 9.85. The third-order valence-electron chi connectivity index (χ3n) is 4.78. The Labute approximate surface area is 136 Å². The molecule has 1 atom stereocenters. The molecule has 22 heavy (non-hydrogen) atoms. The van der Waals surface area contributed by atoms with Crippen molar-refractivity contribution in [3.63, 3.8) is 0 Å². The van der Waals surface area contributed by atoms with Gasteiger partial charge in [0.15, 0.2) is 0 Å². The lowest BCUT2D eigenvalue weighted by molar-refractivity contribution is -0.120. The van der Waals surface area contributed by atoms with E-state index in [-0.39, 0.29) is 11.8 Å². The first-order chi connectivity index (χ1) is 10.5. The van der Waals surface area contributed by atoms with Gasteiger partial charge in [-0.15, -0.1) is 11.3 Å². The van der Waals surface area contributed by atoms with Crippen LogP contribution in [-0.4, -0.2) is 11.8 Å². The largest absolute Gasteiger partial charge is 0.365 e. The molecule has 0 fully saturated rings. The fraction of sp³-hybridized carbons (Fsp3) is 0.647. The molecule has 0 saturated carbocycles. The molecule has 0 aromatic carbocycles. The second kappa shape index (κ2) is 7.27. The van der Waals surface area contributed by atoms with Crippen molar-refractivity contribution >= 4 is 28.2 Å². The number of hydrogen-bond acceptors (Lipinski definition) is 3. The highest BCUT2D eigenvalue weighted by Gasteiger charge is 2.28. The number of anilines is 1. The molecule has 5 heteroatoms. The van der Waals surface area contributed by atoms with Crippen LogP contribution in [0.5, 0.6) is 0 Å². The van der Waals surface area contributed by atoms with Crippen molar-refractivity contribution in [3.8, 4) is 0 Å². The molecule has 122 valence electrons. The van der Waals surface area contributed by atoms with Gasteiger partial charge in [0.05, 0.1) is 5.56 Å². The number of nitrogens with two attached hydrogens (primary N) is 1. The molecule has 0 aliphatic heterocycles. The Morgan fingerprint density at radius 1 is 1.32 bits per heavy atom. The van der Waals surface area contributed by atoms with Gasteiger partial charge in [-0.25, -0.2) is 0 Å². The maximum Gasteiger partial charge on any atom is 0.251 e. The molecule has 0 radical (unpaired) electrons. The summed E-state index contributed by atoms with van der Waals surface area (Å²) in [6.07, 6.45) is 5.74. The van der Waals surface area contributed by atoms with Crippen LogP contribution in [0, 0.1) is 11.8 Å². The average Bonchev–Trinajstić information content (AvgIpc) is 2.85. The number of rotatable bonds is 6. The van der Waals surface area contributed by atoms with Crippen molar-refractivity contribution in [2.24, 2.45) is 17.6 Å². The Bertz CT molecular complexity index is 561. The summed E-state index contributed by atoms with van der Waals surface area (Å²) in [4.78, 5) is 25.4. The first-order valence-electron chi connectivity index (χ1n) is 8.26. The number of nitrogens with one attached hydrogen (secondary N) is 1. The molecule has 2 rings (SSSR count). The van der Waals surface area contributed by atoms with Crippen molar-refractivity contribution in [1.29, 1.82) is 0 Å². The lowest BCUT2D eigenvalue weighted by Gasteiger charge is -2.20. The molecule has 4 nitrogen and oxygen atoms in total. The van der Waals surface area contributed by atoms with Crippen LogP contribution in [0.3, 0.4) is 0 Å². The molecule has 1 aliphatic rings. The standard InChI is InChI=1S/C17H26N2O2S/c1-4-10-7-8-12-13(9-10)22-17(14(12)15(18)20)19-16(21)11(5-2)6-3/h10-11H,4-9H2,1-3H3,(H2,18,20)(H,19,21)/t10-/m0/s1. The Morgan fingerprint density at radius 2 is 2.00 bits per heavy atom. The fourth-order valence-electron chi connectivity index (χ4n) is 3.22. The van der Waals surface area contributed by atoms with Gasteiger partial charge in [-0.1, -0.05) is 27.2 Å². The Morgan fingerprint density at radius 3 is 2.55 bits per heavy atom. The molecule has 2 amide bonds. The Hall–Kier alpha value is -1.36. The van der Waals surface area contributed by atoms with Gasteiger partial charge in [-0.2, -0.15) is 0 Å². The maximum absolute atomic E-state index is 12.3. The third-order valence-corrected chi connectivity index (χ3v) is 5.95. The zero-order valence-corrected chi connectivity index (χ0v) is 14.5. The van der Waals surface area contributed by atoms with Crippen LogP contribution in [0.25, 0.3) is 0 Å². The Kier molecular flexibility index (Phi) is 5.62. The van der Waals surface area contributed by atoms with Gasteiger partial charge in [0.1, 0.15) is 5.00 Å². The second-order valence-corrected chi connectivity index (χ2v) is 7.20. The number of primary amides is 1. The van der Waals surface area contributed by atoms with Gasteiger partial charge in [-0.3, -0.25) is 9.59 Å². The van der Waals surface area contributed by atoms with Crippen molar-refractivity contribution < 1.29 is 9.59 Å². The van der Waals surface area contributed by atoms with E-state index >= 15 is 0 Å². The summed E-state index contributed by atoms with van der Waals surface area (Å²) in [6, 6.07) is 0. The average molecular weight is 322 g/mol. The predicted octanol–water partition coefficient (Wildman–Crippen LogP) is 3.74. The molecule has 1 heterocycles. The summed E-state index contributed by atoms with van der Waals surface area (Å²) >= 11 is 1.54. The van der Waals surface area contributed by atoms with E-state index in [4.69, 9.17) is 5.73 Å². The minimum atomic E-state index is -0.424. The summed E-state index contributed by atoms with van der Waals surface area (Å²) in [5, 5.41) is 3.62. The van der Waals surface area contributed by atoms with Gasteiger partial charge in [-0.05, 0) is 43.6 Å². The van der Waals surface area contributed by atoms with Gasteiger partial charge in [0.2, 0.25) is 5.91 Å². The van der Waals surface area contributed by atoms with Crippen LogP contribution in [0.4, 0.5) is 5.00 Å². The fourth-order valence-corrected chi connectivity index (χ4v) is 4.60. The number of fused-ring (bicyclic) bond motifs is 1. The maximum atomic E-state index is 12.3. The van der Waals surface area contributed by atoms with Gasteiger partial charge >= 0.3 is 0 Å². The van der Waals surface area contributed by atoms with Crippen molar-refractivity contribution in [2.75, 3.05) is 5.32 Å². The molecular weight excluding hydrogens is 296 g/mol. The number of hydrogen-bond donors (Lipinski definition) is 2. The number of thiophene rings is 1. The molecular formula is C17H26N2O2S. The molecule has 1 aromatic heterocycles. The zero-order chi connectivity index (χ0) is 16.3. The molecule has 0 spiro atoms. The van der Waals surface area contributed by atoms with Gasteiger partial charge in [0.25, 0.3) is 5.91 Å². The molecule has 1 aliphatic carbocycles. The Balaban J connectivity index is 2.30. The third kappa shape index (κ3) is 3.35. The molecule has 0 saturated heterocycles. The summed E-state index contributed by atoms with van der Waals surface area (Å²) in [5.74, 6) is 0.239. The van der Waals surface area contributed by atoms with E-state index in [9.17, 15) is 9.59 Å². The van der Waals surface area contributed by atoms with Crippen LogP contribution < -0.4 is 11.1 Å². The van der Waals surface area contributed by atoms with E-state index in [1.54, 1.807) is 11.3 Å². The van der Waals surface area contributed by atoms with Crippen LogP contribution in [-0.2, 0) is 17.6 Å². The van der Waals surface area contributed by atoms with E-state index in [1.807, 2.05) is 13.8 Å². The quantitative estimate of drug-likeness (QED) is 0.837. The second-order valence-electron chi connectivity index (χ2n) is 6.09. The number of carbonyl (C=O) groups is 2. The van der Waals surface area contributed by atoms with E-state index < -0.39 is 5.91 Å². The SMILES string of the molecule is CCC(CC)C(=O)Nc1sc2c(c1C(N)=O)CC[C@H](CC)C2. The van der Waals surface area contributed by atoms with Crippen LogP contribution in [0.1, 0.15) is 67.3 Å². The smallest absolute Gasteiger partial charge is 0.251 e. The van der Waals surface area contributed by atoms with Crippen LogP contribution in [0.15, 0.2) is 0 Å². The molecule has 0 unspecified atom stereocenters. The molecule has 3 N–H and O–H groups in total. The van der Waals surface area contributed by atoms with Crippen molar-refractivity contribution in [3.05, 3.63) is 16.0 Å². The van der Waals surface area contributed by atoms with Crippen LogP contribution in [0.2, 0.25) is 0 Å². The highest BCUT2D eigenvalue weighted by molar-refractivity contribution is 7.17. The predicted molar refractivity (Wildman–Crippen MR) is 91.3 cm³/mol. The minimum Gasteiger partial charge on any atom is -0.365 e. The highest BCUT2D eigenvalue weighted by atomic mass is 32.1. The molecule has 1 aromatic rings. The number of amides is 2.